The van der Waals surface area contributed by atoms with E-state index in [0.717, 1.165) is 24.4 Å². The molecule has 1 saturated heterocycles. The molecule has 1 heterocycles. The van der Waals surface area contributed by atoms with Gasteiger partial charge in [-0.1, -0.05) is 20.4 Å². The molecule has 1 aromatic carbocycles. The Morgan fingerprint density at radius 1 is 1.21 bits per heavy atom. The zero-order chi connectivity index (χ0) is 21.6. The molecule has 0 bridgehead atoms. The molecule has 0 saturated carbocycles. The first-order valence-corrected chi connectivity index (χ1v) is 10.5. The van der Waals surface area contributed by atoms with E-state index in [9.17, 15) is 9.59 Å². The molecule has 6 nitrogen and oxygen atoms in total. The van der Waals surface area contributed by atoms with Crippen LogP contribution in [0.15, 0.2) is 36.4 Å². The van der Waals surface area contributed by atoms with E-state index in [4.69, 9.17) is 4.74 Å². The Kier molecular flexibility index (Phi) is 8.26. The number of amides is 2. The molecule has 2 amide bonds. The van der Waals surface area contributed by atoms with Crippen LogP contribution in [0.25, 0.3) is 0 Å². The standard InChI is InChI=1S/C23H35N3O3/c1-7-26(8-2)19-11-9-18(10-12-19)22(27)24-20(13-15(3)4)23(28)25-21-16(5)14-29-17(21)6/h9-12,15,17,20-21H,5,7-8,13-14H2,1-4,6H3,(H,24,27)(H,25,28)/t17-,20?,21+/m1/s1. The van der Waals surface area contributed by atoms with Crippen molar-refractivity contribution in [2.45, 2.75) is 59.2 Å². The van der Waals surface area contributed by atoms with Gasteiger partial charge in [0.1, 0.15) is 6.04 Å². The largest absolute Gasteiger partial charge is 0.372 e. The second kappa shape index (κ2) is 10.4. The highest BCUT2D eigenvalue weighted by molar-refractivity contribution is 5.97. The van der Waals surface area contributed by atoms with Gasteiger partial charge in [0.15, 0.2) is 0 Å². The molecule has 1 aliphatic rings. The molecular formula is C23H35N3O3. The van der Waals surface area contributed by atoms with Crippen LogP contribution in [0.1, 0.15) is 51.4 Å². The second-order valence-electron chi connectivity index (χ2n) is 8.04. The summed E-state index contributed by atoms with van der Waals surface area (Å²) in [5, 5.41) is 5.90. The number of benzene rings is 1. The average Bonchev–Trinajstić information content (AvgIpc) is 3.00. The number of nitrogens with one attached hydrogen (secondary N) is 2. The summed E-state index contributed by atoms with van der Waals surface area (Å²) in [7, 11) is 0. The molecule has 3 atom stereocenters. The fourth-order valence-electron chi connectivity index (χ4n) is 3.59. The predicted octanol–water partition coefficient (Wildman–Crippen LogP) is 3.14. The maximum atomic E-state index is 12.9. The van der Waals surface area contributed by atoms with E-state index < -0.39 is 6.04 Å². The molecule has 0 aliphatic carbocycles. The van der Waals surface area contributed by atoms with Gasteiger partial charge in [0, 0.05) is 24.3 Å². The van der Waals surface area contributed by atoms with E-state index in [1.165, 1.54) is 0 Å². The molecule has 29 heavy (non-hydrogen) atoms. The second-order valence-corrected chi connectivity index (χ2v) is 8.04. The molecule has 1 fully saturated rings. The molecule has 0 spiro atoms. The van der Waals surface area contributed by atoms with Crippen molar-refractivity contribution in [3.8, 4) is 0 Å². The Hall–Kier alpha value is -2.34. The highest BCUT2D eigenvalue weighted by atomic mass is 16.5. The van der Waals surface area contributed by atoms with Crippen LogP contribution in [0.2, 0.25) is 0 Å². The monoisotopic (exact) mass is 401 g/mol. The quantitative estimate of drug-likeness (QED) is 0.624. The lowest BCUT2D eigenvalue weighted by molar-refractivity contribution is -0.124. The minimum Gasteiger partial charge on any atom is -0.372 e. The lowest BCUT2D eigenvalue weighted by Crippen LogP contribution is -2.51. The van der Waals surface area contributed by atoms with Crippen LogP contribution in [0.3, 0.4) is 0 Å². The Balaban J connectivity index is 2.07. The number of hydrogen-bond donors (Lipinski definition) is 2. The summed E-state index contributed by atoms with van der Waals surface area (Å²) in [5.74, 6) is -0.182. The van der Waals surface area contributed by atoms with E-state index in [2.05, 4.69) is 36.0 Å². The van der Waals surface area contributed by atoms with Crippen molar-refractivity contribution < 1.29 is 14.3 Å². The lowest BCUT2D eigenvalue weighted by Gasteiger charge is -2.24. The summed E-state index contributed by atoms with van der Waals surface area (Å²) in [6.07, 6.45) is 0.443. The summed E-state index contributed by atoms with van der Waals surface area (Å²) < 4.78 is 5.53. The highest BCUT2D eigenvalue weighted by Crippen LogP contribution is 2.19. The van der Waals surface area contributed by atoms with E-state index in [-0.39, 0.29) is 29.9 Å². The molecule has 2 N–H and O–H groups in total. The molecular weight excluding hydrogens is 366 g/mol. The number of carbonyl (C=O) groups excluding carboxylic acids is 2. The molecule has 1 aromatic rings. The Labute approximate surface area is 174 Å². The SMILES string of the molecule is C=C1CO[C@H](C)[C@H]1NC(=O)C(CC(C)C)NC(=O)c1ccc(N(CC)CC)cc1. The van der Waals surface area contributed by atoms with Gasteiger partial charge in [-0.25, -0.2) is 0 Å². The molecule has 1 aliphatic heterocycles. The third kappa shape index (κ3) is 6.07. The molecule has 2 rings (SSSR count). The van der Waals surface area contributed by atoms with Gasteiger partial charge in [0.05, 0.1) is 18.8 Å². The van der Waals surface area contributed by atoms with Crippen LogP contribution in [0.5, 0.6) is 0 Å². The van der Waals surface area contributed by atoms with Crippen LogP contribution >= 0.6 is 0 Å². The van der Waals surface area contributed by atoms with Gasteiger partial charge in [-0.3, -0.25) is 9.59 Å². The maximum Gasteiger partial charge on any atom is 0.251 e. The first-order chi connectivity index (χ1) is 13.8. The molecule has 160 valence electrons. The van der Waals surface area contributed by atoms with Crippen LogP contribution in [-0.2, 0) is 9.53 Å². The van der Waals surface area contributed by atoms with Gasteiger partial charge in [-0.05, 0) is 62.9 Å². The van der Waals surface area contributed by atoms with E-state index in [0.29, 0.717) is 18.6 Å². The Bertz CT molecular complexity index is 711. The van der Waals surface area contributed by atoms with Crippen molar-refractivity contribution >= 4 is 17.5 Å². The van der Waals surface area contributed by atoms with Crippen molar-refractivity contribution in [3.05, 3.63) is 42.0 Å². The van der Waals surface area contributed by atoms with Gasteiger partial charge in [-0.2, -0.15) is 0 Å². The minimum absolute atomic E-state index is 0.116. The van der Waals surface area contributed by atoms with Gasteiger partial charge >= 0.3 is 0 Å². The third-order valence-corrected chi connectivity index (χ3v) is 5.33. The number of anilines is 1. The van der Waals surface area contributed by atoms with Crippen LogP contribution in [-0.4, -0.2) is 49.7 Å². The summed E-state index contributed by atoms with van der Waals surface area (Å²) in [4.78, 5) is 27.9. The van der Waals surface area contributed by atoms with Gasteiger partial charge in [0.25, 0.3) is 5.91 Å². The molecule has 6 heteroatoms. The number of hydrogen-bond acceptors (Lipinski definition) is 4. The van der Waals surface area contributed by atoms with Crippen LogP contribution in [0.4, 0.5) is 5.69 Å². The smallest absolute Gasteiger partial charge is 0.251 e. The molecule has 0 aromatic heterocycles. The normalized spacial score (nSPS) is 19.9. The van der Waals surface area contributed by atoms with Crippen molar-refractivity contribution in [2.75, 3.05) is 24.6 Å². The fraction of sp³-hybridized carbons (Fsp3) is 0.565. The Morgan fingerprint density at radius 2 is 1.83 bits per heavy atom. The predicted molar refractivity (Wildman–Crippen MR) is 117 cm³/mol. The Morgan fingerprint density at radius 3 is 2.31 bits per heavy atom. The molecule has 0 radical (unpaired) electrons. The van der Waals surface area contributed by atoms with Crippen LogP contribution < -0.4 is 15.5 Å². The number of nitrogens with zero attached hydrogens (tertiary/aromatic N) is 1. The minimum atomic E-state index is -0.606. The van der Waals surface area contributed by atoms with Gasteiger partial charge in [-0.15, -0.1) is 0 Å². The first-order valence-electron chi connectivity index (χ1n) is 10.5. The third-order valence-electron chi connectivity index (χ3n) is 5.33. The zero-order valence-corrected chi connectivity index (χ0v) is 18.3. The van der Waals surface area contributed by atoms with Crippen molar-refractivity contribution in [1.82, 2.24) is 10.6 Å². The van der Waals surface area contributed by atoms with E-state index in [1.54, 1.807) is 0 Å². The number of rotatable bonds is 9. The summed E-state index contributed by atoms with van der Waals surface area (Å²) in [6.45, 7) is 16.4. The zero-order valence-electron chi connectivity index (χ0n) is 18.3. The summed E-state index contributed by atoms with van der Waals surface area (Å²) in [5.41, 5.74) is 2.48. The number of carbonyl (C=O) groups is 2. The average molecular weight is 402 g/mol. The number of ether oxygens (including phenoxy) is 1. The topological polar surface area (TPSA) is 70.7 Å². The summed E-state index contributed by atoms with van der Waals surface area (Å²) >= 11 is 0. The van der Waals surface area contributed by atoms with E-state index in [1.807, 2.05) is 45.0 Å². The van der Waals surface area contributed by atoms with Crippen molar-refractivity contribution in [3.63, 3.8) is 0 Å². The molecule has 1 unspecified atom stereocenters. The lowest BCUT2D eigenvalue weighted by atomic mass is 10.0. The van der Waals surface area contributed by atoms with Crippen molar-refractivity contribution in [2.24, 2.45) is 5.92 Å². The van der Waals surface area contributed by atoms with Crippen LogP contribution in [0, 0.1) is 5.92 Å². The maximum absolute atomic E-state index is 12.9. The van der Waals surface area contributed by atoms with Gasteiger partial charge in [0.2, 0.25) is 5.91 Å². The van der Waals surface area contributed by atoms with E-state index >= 15 is 0 Å². The highest BCUT2D eigenvalue weighted by Gasteiger charge is 2.32. The summed E-state index contributed by atoms with van der Waals surface area (Å²) in [6, 6.07) is 6.68. The fourth-order valence-corrected chi connectivity index (χ4v) is 3.59. The van der Waals surface area contributed by atoms with Crippen molar-refractivity contribution in [1.29, 1.82) is 0 Å². The first kappa shape index (κ1) is 22.9. The van der Waals surface area contributed by atoms with Gasteiger partial charge < -0.3 is 20.3 Å².